The number of aromatic nitrogens is 1. The summed E-state index contributed by atoms with van der Waals surface area (Å²) in [7, 11) is 0. The summed E-state index contributed by atoms with van der Waals surface area (Å²) in [6.45, 7) is 2.32. The zero-order valence-electron chi connectivity index (χ0n) is 12.1. The van der Waals surface area contributed by atoms with E-state index in [1.165, 1.54) is 30.3 Å². The second-order valence-electron chi connectivity index (χ2n) is 4.80. The van der Waals surface area contributed by atoms with Gasteiger partial charge in [-0.15, -0.1) is 0 Å². The van der Waals surface area contributed by atoms with Crippen molar-refractivity contribution in [3.63, 3.8) is 0 Å². The van der Waals surface area contributed by atoms with Crippen molar-refractivity contribution in [2.24, 2.45) is 0 Å². The van der Waals surface area contributed by atoms with Gasteiger partial charge in [-0.3, -0.25) is 4.79 Å². The second-order valence-corrected chi connectivity index (χ2v) is 4.80. The molecule has 1 aromatic carbocycles. The summed E-state index contributed by atoms with van der Waals surface area (Å²) in [5.41, 5.74) is 0.340. The molecule has 0 aliphatic rings. The van der Waals surface area contributed by atoms with E-state index >= 15 is 0 Å². The average molecular weight is 305 g/mol. The molecule has 2 aromatic rings. The van der Waals surface area contributed by atoms with Gasteiger partial charge in [-0.05, 0) is 37.6 Å². The Morgan fingerprint density at radius 2 is 1.95 bits per heavy atom. The molecule has 0 fully saturated rings. The molecule has 1 heterocycles. The molecule has 0 saturated carbocycles. The third kappa shape index (κ3) is 3.72. The minimum Gasteiger partial charge on any atom is -0.503 e. The number of carbonyl (C=O) groups is 1. The maximum Gasteiger partial charge on any atom is 0.338 e. The van der Waals surface area contributed by atoms with Crippen LogP contribution in [0.5, 0.6) is 5.75 Å². The highest BCUT2D eigenvalue weighted by Gasteiger charge is 2.08. The molecule has 22 heavy (non-hydrogen) atoms. The van der Waals surface area contributed by atoms with Gasteiger partial charge in [-0.25, -0.2) is 9.18 Å². The molecule has 0 aliphatic heterocycles. The third-order valence-electron chi connectivity index (χ3n) is 3.27. The number of hydrogen-bond donors (Lipinski definition) is 1. The first kappa shape index (κ1) is 15.8. The van der Waals surface area contributed by atoms with E-state index in [2.05, 4.69) is 0 Å². The first-order chi connectivity index (χ1) is 10.5. The molecule has 2 rings (SSSR count). The van der Waals surface area contributed by atoms with Gasteiger partial charge >= 0.3 is 5.97 Å². The van der Waals surface area contributed by atoms with Gasteiger partial charge in [0.15, 0.2) is 5.75 Å². The maximum absolute atomic E-state index is 12.7. The van der Waals surface area contributed by atoms with Crippen LogP contribution in [0.15, 0.2) is 41.3 Å². The number of esters is 1. The Morgan fingerprint density at radius 3 is 2.64 bits per heavy atom. The molecule has 0 aliphatic carbocycles. The molecule has 0 amide bonds. The monoisotopic (exact) mass is 305 g/mol. The standard InChI is InChI=1S/C16H16FNO4/c1-11-15(20)14(19)7-9-18(11)8-2-10-22-16(21)12-3-5-13(17)6-4-12/h3-7,9,20H,2,8,10H2,1H3. The van der Waals surface area contributed by atoms with E-state index in [1.807, 2.05) is 0 Å². The highest BCUT2D eigenvalue weighted by molar-refractivity contribution is 5.89. The van der Waals surface area contributed by atoms with Gasteiger partial charge in [0.05, 0.1) is 17.9 Å². The first-order valence-corrected chi connectivity index (χ1v) is 6.81. The van der Waals surface area contributed by atoms with Crippen molar-refractivity contribution in [3.8, 4) is 5.75 Å². The Hall–Kier alpha value is -2.63. The molecule has 0 radical (unpaired) electrons. The molecule has 0 atom stereocenters. The zero-order chi connectivity index (χ0) is 16.1. The largest absolute Gasteiger partial charge is 0.503 e. The first-order valence-electron chi connectivity index (χ1n) is 6.81. The van der Waals surface area contributed by atoms with Crippen molar-refractivity contribution in [2.45, 2.75) is 19.9 Å². The molecule has 5 nitrogen and oxygen atoms in total. The number of ether oxygens (including phenoxy) is 1. The number of carbonyl (C=O) groups excluding carboxylic acids is 1. The third-order valence-corrected chi connectivity index (χ3v) is 3.27. The van der Waals surface area contributed by atoms with Gasteiger partial charge in [-0.2, -0.15) is 0 Å². The van der Waals surface area contributed by atoms with E-state index in [-0.39, 0.29) is 12.4 Å². The van der Waals surface area contributed by atoms with Crippen LogP contribution in [-0.2, 0) is 11.3 Å². The number of hydrogen-bond acceptors (Lipinski definition) is 4. The second kappa shape index (κ2) is 6.89. The summed E-state index contributed by atoms with van der Waals surface area (Å²) in [6, 6.07) is 6.40. The van der Waals surface area contributed by atoms with E-state index in [0.717, 1.165) is 0 Å². The van der Waals surface area contributed by atoms with Crippen molar-refractivity contribution in [1.82, 2.24) is 4.57 Å². The normalized spacial score (nSPS) is 10.5. The minimum atomic E-state index is -0.514. The highest BCUT2D eigenvalue weighted by Crippen LogP contribution is 2.10. The van der Waals surface area contributed by atoms with Crippen LogP contribution in [0.1, 0.15) is 22.5 Å². The summed E-state index contributed by atoms with van der Waals surface area (Å²) >= 11 is 0. The van der Waals surface area contributed by atoms with E-state index < -0.39 is 17.2 Å². The Balaban J connectivity index is 1.85. The predicted molar refractivity (Wildman–Crippen MR) is 78.4 cm³/mol. The van der Waals surface area contributed by atoms with Gasteiger partial charge in [0.1, 0.15) is 5.82 Å². The van der Waals surface area contributed by atoms with Crippen LogP contribution in [0.2, 0.25) is 0 Å². The van der Waals surface area contributed by atoms with Gasteiger partial charge in [0.2, 0.25) is 5.43 Å². The smallest absolute Gasteiger partial charge is 0.338 e. The Morgan fingerprint density at radius 1 is 1.27 bits per heavy atom. The lowest BCUT2D eigenvalue weighted by atomic mass is 10.2. The number of benzene rings is 1. The lowest BCUT2D eigenvalue weighted by Gasteiger charge is -2.11. The van der Waals surface area contributed by atoms with Crippen LogP contribution in [0, 0.1) is 12.7 Å². The zero-order valence-corrected chi connectivity index (χ0v) is 12.1. The van der Waals surface area contributed by atoms with Crippen molar-refractivity contribution in [2.75, 3.05) is 6.61 Å². The highest BCUT2D eigenvalue weighted by atomic mass is 19.1. The lowest BCUT2D eigenvalue weighted by Crippen LogP contribution is -2.12. The Bertz CT molecular complexity index is 722. The van der Waals surface area contributed by atoms with Crippen LogP contribution in [0.25, 0.3) is 0 Å². The van der Waals surface area contributed by atoms with Crippen LogP contribution in [0.3, 0.4) is 0 Å². The fourth-order valence-electron chi connectivity index (χ4n) is 1.97. The van der Waals surface area contributed by atoms with Gasteiger partial charge in [-0.1, -0.05) is 0 Å². The SMILES string of the molecule is Cc1c(O)c(=O)ccn1CCCOC(=O)c1ccc(F)cc1. The van der Waals surface area contributed by atoms with Crippen LogP contribution in [0.4, 0.5) is 4.39 Å². The van der Waals surface area contributed by atoms with Crippen molar-refractivity contribution >= 4 is 5.97 Å². The number of aryl methyl sites for hydroxylation is 1. The molecule has 0 spiro atoms. The van der Waals surface area contributed by atoms with Gasteiger partial charge in [0.25, 0.3) is 0 Å². The topological polar surface area (TPSA) is 68.5 Å². The number of halogens is 1. The van der Waals surface area contributed by atoms with E-state index in [1.54, 1.807) is 17.7 Å². The molecule has 0 bridgehead atoms. The van der Waals surface area contributed by atoms with E-state index in [0.29, 0.717) is 24.2 Å². The maximum atomic E-state index is 12.7. The van der Waals surface area contributed by atoms with E-state index in [4.69, 9.17) is 4.74 Å². The average Bonchev–Trinajstić information content (AvgIpc) is 2.51. The van der Waals surface area contributed by atoms with Crippen LogP contribution < -0.4 is 5.43 Å². The predicted octanol–water partition coefficient (Wildman–Crippen LogP) is 2.25. The van der Waals surface area contributed by atoms with Crippen molar-refractivity contribution in [3.05, 3.63) is 63.8 Å². The molecule has 1 N–H and O–H groups in total. The van der Waals surface area contributed by atoms with Crippen molar-refractivity contribution in [1.29, 1.82) is 0 Å². The fourth-order valence-corrected chi connectivity index (χ4v) is 1.97. The lowest BCUT2D eigenvalue weighted by molar-refractivity contribution is 0.0495. The Labute approximate surface area is 126 Å². The summed E-state index contributed by atoms with van der Waals surface area (Å²) in [4.78, 5) is 22.9. The summed E-state index contributed by atoms with van der Waals surface area (Å²) < 4.78 is 19.5. The molecule has 6 heteroatoms. The van der Waals surface area contributed by atoms with Crippen LogP contribution in [-0.4, -0.2) is 22.2 Å². The Kier molecular flexibility index (Phi) is 4.93. The molecule has 0 unspecified atom stereocenters. The summed E-state index contributed by atoms with van der Waals surface area (Å²) in [5.74, 6) is -1.20. The summed E-state index contributed by atoms with van der Waals surface area (Å²) in [6.07, 6.45) is 2.11. The molecule has 1 aromatic heterocycles. The number of pyridine rings is 1. The van der Waals surface area contributed by atoms with E-state index in [9.17, 15) is 19.1 Å². The number of nitrogens with zero attached hydrogens (tertiary/aromatic N) is 1. The molecular weight excluding hydrogens is 289 g/mol. The fraction of sp³-hybridized carbons (Fsp3) is 0.250. The van der Waals surface area contributed by atoms with Gasteiger partial charge < -0.3 is 14.4 Å². The van der Waals surface area contributed by atoms with Gasteiger partial charge in [0, 0.05) is 18.8 Å². The van der Waals surface area contributed by atoms with Crippen molar-refractivity contribution < 1.29 is 19.0 Å². The van der Waals surface area contributed by atoms with Crippen LogP contribution >= 0.6 is 0 Å². The molecule has 0 saturated heterocycles. The summed E-state index contributed by atoms with van der Waals surface area (Å²) in [5, 5.41) is 9.55. The quantitative estimate of drug-likeness (QED) is 0.679. The molecule has 116 valence electrons. The number of rotatable bonds is 5. The minimum absolute atomic E-state index is 0.183. The number of aromatic hydroxyl groups is 1. The molecular formula is C16H16FNO4.